The second-order valence-corrected chi connectivity index (χ2v) is 4.95. The number of hydrogen-bond donors (Lipinski definition) is 1. The third-order valence-corrected chi connectivity index (χ3v) is 3.70. The van der Waals surface area contributed by atoms with Gasteiger partial charge >= 0.3 is 0 Å². The highest BCUT2D eigenvalue weighted by atomic mass is 35.5. The third-order valence-electron chi connectivity index (χ3n) is 3.21. The van der Waals surface area contributed by atoms with Gasteiger partial charge in [-0.05, 0) is 38.0 Å². The number of halogens is 1. The second kappa shape index (κ2) is 6.17. The molecular formula is C14H19ClN4. The Morgan fingerprint density at radius 1 is 1.32 bits per heavy atom. The molecule has 2 rings (SSSR count). The molecule has 0 spiro atoms. The predicted molar refractivity (Wildman–Crippen MR) is 77.2 cm³/mol. The Kier molecular flexibility index (Phi) is 4.56. The Hall–Kier alpha value is -1.39. The van der Waals surface area contributed by atoms with Crippen molar-refractivity contribution >= 4 is 11.6 Å². The summed E-state index contributed by atoms with van der Waals surface area (Å²) in [6.45, 7) is 8.41. The first kappa shape index (κ1) is 14.0. The Labute approximate surface area is 118 Å². The van der Waals surface area contributed by atoms with Crippen LogP contribution in [0.3, 0.4) is 0 Å². The summed E-state index contributed by atoms with van der Waals surface area (Å²) >= 11 is 6.27. The number of nitrogens with zero attached hydrogens (tertiary/aromatic N) is 3. The van der Waals surface area contributed by atoms with Crippen molar-refractivity contribution in [1.82, 2.24) is 20.1 Å². The Morgan fingerprint density at radius 2 is 2.11 bits per heavy atom. The molecule has 0 atom stereocenters. The van der Waals surface area contributed by atoms with Crippen LogP contribution >= 0.6 is 11.6 Å². The van der Waals surface area contributed by atoms with Crippen molar-refractivity contribution in [2.45, 2.75) is 40.4 Å². The van der Waals surface area contributed by atoms with E-state index in [1.165, 1.54) is 11.1 Å². The zero-order chi connectivity index (χ0) is 13.8. The van der Waals surface area contributed by atoms with Gasteiger partial charge < -0.3 is 5.32 Å². The summed E-state index contributed by atoms with van der Waals surface area (Å²) < 4.78 is 1.95. The fourth-order valence-electron chi connectivity index (χ4n) is 2.04. The van der Waals surface area contributed by atoms with Crippen molar-refractivity contribution in [3.63, 3.8) is 0 Å². The summed E-state index contributed by atoms with van der Waals surface area (Å²) in [6.07, 6.45) is 3.71. The van der Waals surface area contributed by atoms with E-state index in [4.69, 9.17) is 11.6 Å². The van der Waals surface area contributed by atoms with E-state index < -0.39 is 0 Å². The minimum Gasteiger partial charge on any atom is -0.307 e. The molecule has 0 aromatic carbocycles. The lowest BCUT2D eigenvalue weighted by atomic mass is 10.1. The van der Waals surface area contributed by atoms with E-state index in [1.54, 1.807) is 0 Å². The van der Waals surface area contributed by atoms with Gasteiger partial charge in [0, 0.05) is 32.0 Å². The highest BCUT2D eigenvalue weighted by Crippen LogP contribution is 2.20. The van der Waals surface area contributed by atoms with Gasteiger partial charge in [0.05, 0.1) is 16.4 Å². The summed E-state index contributed by atoms with van der Waals surface area (Å²) in [7, 11) is 0. The van der Waals surface area contributed by atoms with Gasteiger partial charge in [-0.3, -0.25) is 9.67 Å². The Morgan fingerprint density at radius 3 is 2.79 bits per heavy atom. The van der Waals surface area contributed by atoms with Gasteiger partial charge in [0.2, 0.25) is 0 Å². The lowest BCUT2D eigenvalue weighted by Gasteiger charge is -2.09. The first-order chi connectivity index (χ1) is 9.13. The van der Waals surface area contributed by atoms with Crippen LogP contribution in [-0.4, -0.2) is 14.8 Å². The number of pyridine rings is 1. The van der Waals surface area contributed by atoms with Gasteiger partial charge in [0.1, 0.15) is 0 Å². The van der Waals surface area contributed by atoms with Crippen LogP contribution in [0.25, 0.3) is 0 Å². The SMILES string of the molecule is CCn1nc(C)c(Cl)c1CNCc1cnccc1C. The molecular weight excluding hydrogens is 260 g/mol. The molecule has 19 heavy (non-hydrogen) atoms. The molecule has 0 fully saturated rings. The first-order valence-electron chi connectivity index (χ1n) is 6.45. The number of hydrogen-bond acceptors (Lipinski definition) is 3. The maximum absolute atomic E-state index is 6.27. The molecule has 5 heteroatoms. The lowest BCUT2D eigenvalue weighted by molar-refractivity contribution is 0.578. The van der Waals surface area contributed by atoms with Crippen LogP contribution in [0.2, 0.25) is 5.02 Å². The summed E-state index contributed by atoms with van der Waals surface area (Å²) in [4.78, 5) is 4.14. The topological polar surface area (TPSA) is 42.7 Å². The average Bonchev–Trinajstić information content (AvgIpc) is 2.68. The number of aromatic nitrogens is 3. The Bertz CT molecular complexity index is 563. The van der Waals surface area contributed by atoms with E-state index >= 15 is 0 Å². The normalized spacial score (nSPS) is 10.9. The lowest BCUT2D eigenvalue weighted by Crippen LogP contribution is -2.17. The van der Waals surface area contributed by atoms with Crippen molar-refractivity contribution in [2.24, 2.45) is 0 Å². The Balaban J connectivity index is 2.02. The standard InChI is InChI=1S/C14H19ClN4/c1-4-19-13(14(15)11(3)18-19)9-17-8-12-7-16-6-5-10(12)2/h5-7,17H,4,8-9H2,1-3H3. The van der Waals surface area contributed by atoms with Gasteiger partial charge in [-0.15, -0.1) is 0 Å². The van der Waals surface area contributed by atoms with Crippen molar-refractivity contribution in [2.75, 3.05) is 0 Å². The van der Waals surface area contributed by atoms with Gasteiger partial charge in [-0.25, -0.2) is 0 Å². The molecule has 4 nitrogen and oxygen atoms in total. The molecule has 0 bridgehead atoms. The van der Waals surface area contributed by atoms with Crippen LogP contribution in [0, 0.1) is 13.8 Å². The van der Waals surface area contributed by atoms with Crippen LogP contribution < -0.4 is 5.32 Å². The largest absolute Gasteiger partial charge is 0.307 e. The van der Waals surface area contributed by atoms with Crippen molar-refractivity contribution in [3.8, 4) is 0 Å². The molecule has 0 aliphatic carbocycles. The first-order valence-corrected chi connectivity index (χ1v) is 6.83. The molecule has 0 aliphatic heterocycles. The van der Waals surface area contributed by atoms with Gasteiger partial charge in [-0.1, -0.05) is 11.6 Å². The second-order valence-electron chi connectivity index (χ2n) is 4.57. The van der Waals surface area contributed by atoms with E-state index in [0.717, 1.165) is 29.5 Å². The molecule has 1 N–H and O–H groups in total. The van der Waals surface area contributed by atoms with Crippen LogP contribution in [0.15, 0.2) is 18.5 Å². The molecule has 0 amide bonds. The molecule has 102 valence electrons. The zero-order valence-electron chi connectivity index (χ0n) is 11.6. The maximum Gasteiger partial charge on any atom is 0.0860 e. The molecule has 2 heterocycles. The van der Waals surface area contributed by atoms with E-state index in [2.05, 4.69) is 29.2 Å². The highest BCUT2D eigenvalue weighted by Gasteiger charge is 2.11. The minimum atomic E-state index is 0.710. The number of rotatable bonds is 5. The summed E-state index contributed by atoms with van der Waals surface area (Å²) in [5, 5.41) is 8.57. The zero-order valence-corrected chi connectivity index (χ0v) is 12.3. The number of nitrogens with one attached hydrogen (secondary N) is 1. The smallest absolute Gasteiger partial charge is 0.0860 e. The van der Waals surface area contributed by atoms with Crippen LogP contribution in [0.5, 0.6) is 0 Å². The molecule has 2 aromatic heterocycles. The van der Waals surface area contributed by atoms with Crippen LogP contribution in [-0.2, 0) is 19.6 Å². The van der Waals surface area contributed by atoms with Crippen LogP contribution in [0.1, 0.15) is 29.4 Å². The van der Waals surface area contributed by atoms with Crippen molar-refractivity contribution in [3.05, 3.63) is 46.0 Å². The summed E-state index contributed by atoms with van der Waals surface area (Å²) in [6, 6.07) is 2.02. The molecule has 0 saturated carbocycles. The van der Waals surface area contributed by atoms with Crippen molar-refractivity contribution in [1.29, 1.82) is 0 Å². The molecule has 0 radical (unpaired) electrons. The van der Waals surface area contributed by atoms with E-state index in [0.29, 0.717) is 6.54 Å². The fourth-order valence-corrected chi connectivity index (χ4v) is 2.24. The minimum absolute atomic E-state index is 0.710. The van der Waals surface area contributed by atoms with E-state index in [-0.39, 0.29) is 0 Å². The van der Waals surface area contributed by atoms with E-state index in [9.17, 15) is 0 Å². The van der Waals surface area contributed by atoms with Gasteiger partial charge in [0.25, 0.3) is 0 Å². The van der Waals surface area contributed by atoms with E-state index in [1.807, 2.05) is 30.1 Å². The fraction of sp³-hybridized carbons (Fsp3) is 0.429. The quantitative estimate of drug-likeness (QED) is 0.914. The summed E-state index contributed by atoms with van der Waals surface area (Å²) in [5.41, 5.74) is 4.38. The molecule has 0 aliphatic rings. The summed E-state index contributed by atoms with van der Waals surface area (Å²) in [5.74, 6) is 0. The number of aryl methyl sites for hydroxylation is 3. The molecule has 0 saturated heterocycles. The predicted octanol–water partition coefficient (Wildman–Crippen LogP) is 2.86. The average molecular weight is 279 g/mol. The third kappa shape index (κ3) is 3.14. The maximum atomic E-state index is 6.27. The van der Waals surface area contributed by atoms with Gasteiger partial charge in [0.15, 0.2) is 0 Å². The molecule has 0 unspecified atom stereocenters. The van der Waals surface area contributed by atoms with Crippen molar-refractivity contribution < 1.29 is 0 Å². The molecule has 2 aromatic rings. The highest BCUT2D eigenvalue weighted by molar-refractivity contribution is 6.31. The van der Waals surface area contributed by atoms with Crippen LogP contribution in [0.4, 0.5) is 0 Å². The monoisotopic (exact) mass is 278 g/mol. The van der Waals surface area contributed by atoms with Gasteiger partial charge in [-0.2, -0.15) is 5.10 Å².